The van der Waals surface area contributed by atoms with Gasteiger partial charge < -0.3 is 5.11 Å². The van der Waals surface area contributed by atoms with Crippen LogP contribution in [0, 0.1) is 6.92 Å². The van der Waals surface area contributed by atoms with Crippen LogP contribution in [0.2, 0.25) is 0 Å². The zero-order chi connectivity index (χ0) is 15.7. The summed E-state index contributed by atoms with van der Waals surface area (Å²) in [5.74, 6) is -0.582. The molecule has 5 nitrogen and oxygen atoms in total. The van der Waals surface area contributed by atoms with Gasteiger partial charge in [0.25, 0.3) is 5.56 Å². The van der Waals surface area contributed by atoms with E-state index in [0.717, 1.165) is 36.1 Å². The molecule has 0 aliphatic heterocycles. The topological polar surface area (TPSA) is 72.2 Å². The summed E-state index contributed by atoms with van der Waals surface area (Å²) in [5.41, 5.74) is 3.19. The number of carbonyl (C=O) groups is 1. The monoisotopic (exact) mass is 298 g/mol. The lowest BCUT2D eigenvalue weighted by molar-refractivity contribution is -0.137. The van der Waals surface area contributed by atoms with Crippen LogP contribution in [-0.2, 0) is 24.2 Å². The van der Waals surface area contributed by atoms with Crippen molar-refractivity contribution in [2.45, 2.75) is 39.2 Å². The normalized spacial score (nSPS) is 13.7. The number of fused-ring (bicyclic) bond motifs is 1. The van der Waals surface area contributed by atoms with E-state index in [1.54, 1.807) is 0 Å². The van der Waals surface area contributed by atoms with Crippen molar-refractivity contribution in [1.29, 1.82) is 0 Å². The summed E-state index contributed by atoms with van der Waals surface area (Å²) in [6, 6.07) is 7.63. The summed E-state index contributed by atoms with van der Waals surface area (Å²) in [6.45, 7) is 1.62. The predicted octanol–water partition coefficient (Wildman–Crippen LogP) is 2.18. The van der Waals surface area contributed by atoms with Gasteiger partial charge in [0.2, 0.25) is 0 Å². The standard InChI is InChI=1S/C17H18N2O3/c1-11-6-8-12(9-7-11)16-18-14-5-3-2-4-13(14)17(22)19(16)10-15(20)21/h6-9H,2-5,10H2,1H3,(H,20,21). The number of aromatic nitrogens is 2. The Labute approximate surface area is 128 Å². The molecule has 0 atom stereocenters. The maximum Gasteiger partial charge on any atom is 0.323 e. The highest BCUT2D eigenvalue weighted by Crippen LogP contribution is 2.22. The molecule has 1 aromatic heterocycles. The molecule has 0 saturated carbocycles. The zero-order valence-corrected chi connectivity index (χ0v) is 12.5. The number of hydrogen-bond donors (Lipinski definition) is 1. The van der Waals surface area contributed by atoms with Gasteiger partial charge in [0.1, 0.15) is 12.4 Å². The van der Waals surface area contributed by atoms with E-state index < -0.39 is 5.97 Å². The highest BCUT2D eigenvalue weighted by molar-refractivity contribution is 5.68. The zero-order valence-electron chi connectivity index (χ0n) is 12.5. The van der Waals surface area contributed by atoms with E-state index in [2.05, 4.69) is 4.98 Å². The van der Waals surface area contributed by atoms with Crippen LogP contribution in [-0.4, -0.2) is 20.6 Å². The SMILES string of the molecule is Cc1ccc(-c2nc3c(c(=O)n2CC(=O)O)CCCC3)cc1. The van der Waals surface area contributed by atoms with Gasteiger partial charge in [-0.1, -0.05) is 29.8 Å². The third-order valence-electron chi connectivity index (χ3n) is 4.04. The Hall–Kier alpha value is -2.43. The Balaban J connectivity index is 2.22. The Morgan fingerprint density at radius 2 is 1.91 bits per heavy atom. The van der Waals surface area contributed by atoms with Gasteiger partial charge in [-0.15, -0.1) is 0 Å². The van der Waals surface area contributed by atoms with Gasteiger partial charge in [-0.2, -0.15) is 0 Å². The Morgan fingerprint density at radius 3 is 2.59 bits per heavy atom. The number of benzene rings is 1. The number of aliphatic carboxylic acids is 1. The molecule has 2 aromatic rings. The van der Waals surface area contributed by atoms with Crippen molar-refractivity contribution in [3.63, 3.8) is 0 Å². The van der Waals surface area contributed by atoms with E-state index in [1.807, 2.05) is 31.2 Å². The molecule has 22 heavy (non-hydrogen) atoms. The van der Waals surface area contributed by atoms with Crippen LogP contribution in [0.25, 0.3) is 11.4 Å². The Morgan fingerprint density at radius 1 is 1.23 bits per heavy atom. The summed E-state index contributed by atoms with van der Waals surface area (Å²) in [4.78, 5) is 28.4. The molecule has 1 N–H and O–H groups in total. The summed E-state index contributed by atoms with van der Waals surface area (Å²) in [7, 11) is 0. The van der Waals surface area contributed by atoms with Crippen LogP contribution in [0.1, 0.15) is 29.7 Å². The van der Waals surface area contributed by atoms with Gasteiger partial charge in [-0.3, -0.25) is 14.2 Å². The number of nitrogens with zero attached hydrogens (tertiary/aromatic N) is 2. The van der Waals surface area contributed by atoms with Crippen molar-refractivity contribution in [2.24, 2.45) is 0 Å². The van der Waals surface area contributed by atoms with Crippen LogP contribution in [0.15, 0.2) is 29.1 Å². The van der Waals surface area contributed by atoms with Crippen LogP contribution in [0.4, 0.5) is 0 Å². The molecular formula is C17H18N2O3. The second-order valence-electron chi connectivity index (χ2n) is 5.72. The molecule has 0 saturated heterocycles. The van der Waals surface area contributed by atoms with Crippen LogP contribution < -0.4 is 5.56 Å². The predicted molar refractivity (Wildman–Crippen MR) is 82.9 cm³/mol. The van der Waals surface area contributed by atoms with Crippen molar-refractivity contribution in [3.8, 4) is 11.4 Å². The number of carboxylic acid groups (broad SMARTS) is 1. The summed E-state index contributed by atoms with van der Waals surface area (Å²) in [6.07, 6.45) is 3.46. The second kappa shape index (κ2) is 5.75. The van der Waals surface area contributed by atoms with E-state index >= 15 is 0 Å². The number of carboxylic acids is 1. The quantitative estimate of drug-likeness (QED) is 0.942. The first-order valence-electron chi connectivity index (χ1n) is 7.47. The van der Waals surface area contributed by atoms with Gasteiger partial charge in [0, 0.05) is 11.1 Å². The van der Waals surface area contributed by atoms with Crippen LogP contribution in [0.5, 0.6) is 0 Å². The molecule has 1 aliphatic rings. The molecule has 1 aromatic carbocycles. The minimum atomic E-state index is -1.03. The molecule has 1 heterocycles. The van der Waals surface area contributed by atoms with E-state index in [0.29, 0.717) is 17.8 Å². The Kier molecular flexibility index (Phi) is 3.79. The van der Waals surface area contributed by atoms with Crippen molar-refractivity contribution in [3.05, 3.63) is 51.4 Å². The van der Waals surface area contributed by atoms with Gasteiger partial charge in [-0.05, 0) is 32.6 Å². The van der Waals surface area contributed by atoms with E-state index in [-0.39, 0.29) is 12.1 Å². The van der Waals surface area contributed by atoms with E-state index in [9.17, 15) is 9.59 Å². The number of hydrogen-bond acceptors (Lipinski definition) is 3. The molecule has 5 heteroatoms. The molecule has 0 amide bonds. The van der Waals surface area contributed by atoms with Crippen LogP contribution in [0.3, 0.4) is 0 Å². The third kappa shape index (κ3) is 2.66. The lowest BCUT2D eigenvalue weighted by atomic mass is 9.96. The molecule has 3 rings (SSSR count). The lowest BCUT2D eigenvalue weighted by Gasteiger charge is -2.19. The number of rotatable bonds is 3. The van der Waals surface area contributed by atoms with Crippen molar-refractivity contribution >= 4 is 5.97 Å². The summed E-state index contributed by atoms with van der Waals surface area (Å²) < 4.78 is 1.29. The Bertz CT molecular complexity index is 776. The van der Waals surface area contributed by atoms with Gasteiger partial charge >= 0.3 is 5.97 Å². The van der Waals surface area contributed by atoms with Crippen LogP contribution >= 0.6 is 0 Å². The molecule has 0 radical (unpaired) electrons. The molecule has 114 valence electrons. The molecule has 1 aliphatic carbocycles. The van der Waals surface area contributed by atoms with Crippen molar-refractivity contribution < 1.29 is 9.90 Å². The fourth-order valence-corrected chi connectivity index (χ4v) is 2.90. The van der Waals surface area contributed by atoms with Gasteiger partial charge in [0.15, 0.2) is 0 Å². The smallest absolute Gasteiger partial charge is 0.323 e. The summed E-state index contributed by atoms with van der Waals surface area (Å²) in [5, 5.41) is 9.12. The van der Waals surface area contributed by atoms with Gasteiger partial charge in [-0.25, -0.2) is 4.98 Å². The first-order chi connectivity index (χ1) is 10.6. The highest BCUT2D eigenvalue weighted by Gasteiger charge is 2.21. The van der Waals surface area contributed by atoms with Crippen molar-refractivity contribution in [1.82, 2.24) is 9.55 Å². The second-order valence-corrected chi connectivity index (χ2v) is 5.72. The molecular weight excluding hydrogens is 280 g/mol. The minimum Gasteiger partial charge on any atom is -0.480 e. The fraction of sp³-hybridized carbons (Fsp3) is 0.353. The maximum atomic E-state index is 12.7. The van der Waals surface area contributed by atoms with Crippen molar-refractivity contribution in [2.75, 3.05) is 0 Å². The lowest BCUT2D eigenvalue weighted by Crippen LogP contribution is -2.32. The van der Waals surface area contributed by atoms with E-state index in [1.165, 1.54) is 4.57 Å². The molecule has 0 unspecified atom stereocenters. The average molecular weight is 298 g/mol. The molecule has 0 fully saturated rings. The third-order valence-corrected chi connectivity index (χ3v) is 4.04. The molecule has 0 spiro atoms. The van der Waals surface area contributed by atoms with E-state index in [4.69, 9.17) is 5.11 Å². The maximum absolute atomic E-state index is 12.7. The number of aryl methyl sites for hydroxylation is 2. The summed E-state index contributed by atoms with van der Waals surface area (Å²) >= 11 is 0. The first kappa shape index (κ1) is 14.5. The minimum absolute atomic E-state index is 0.206. The largest absolute Gasteiger partial charge is 0.480 e. The van der Waals surface area contributed by atoms with Gasteiger partial charge in [0.05, 0.1) is 5.69 Å². The fourth-order valence-electron chi connectivity index (χ4n) is 2.90. The average Bonchev–Trinajstić information content (AvgIpc) is 2.50. The molecule has 0 bridgehead atoms. The first-order valence-corrected chi connectivity index (χ1v) is 7.47. The highest BCUT2D eigenvalue weighted by atomic mass is 16.4.